The molecule has 0 aliphatic carbocycles. The standard InChI is InChI=1S/C19H19ClN6O/c20-13-5-3-4-12(10-13)14-11-22-19(21)24-17(14)16-6-1-2-9-26(16)18(27)15-7-8-23-25-15/h3-5,7-8,10-11,16H,1-2,6,9H2,(H,23,25)(H2,21,22,24). The first-order valence-electron chi connectivity index (χ1n) is 8.82. The Hall–Kier alpha value is -2.93. The number of amides is 1. The number of aromatic amines is 1. The van der Waals surface area contributed by atoms with E-state index in [-0.39, 0.29) is 17.9 Å². The molecule has 0 radical (unpaired) electrons. The van der Waals surface area contributed by atoms with Crippen LogP contribution in [0.3, 0.4) is 0 Å². The molecular weight excluding hydrogens is 364 g/mol. The summed E-state index contributed by atoms with van der Waals surface area (Å²) in [6.07, 6.45) is 6.05. The van der Waals surface area contributed by atoms with Crippen molar-refractivity contribution >= 4 is 23.5 Å². The average molecular weight is 383 g/mol. The number of anilines is 1. The first-order chi connectivity index (χ1) is 13.1. The molecule has 0 saturated carbocycles. The number of piperidine rings is 1. The third-order valence-corrected chi connectivity index (χ3v) is 5.02. The minimum Gasteiger partial charge on any atom is -0.368 e. The van der Waals surface area contributed by atoms with Crippen LogP contribution in [0.2, 0.25) is 5.02 Å². The van der Waals surface area contributed by atoms with Crippen LogP contribution < -0.4 is 5.73 Å². The second-order valence-electron chi connectivity index (χ2n) is 6.52. The molecule has 7 nitrogen and oxygen atoms in total. The zero-order chi connectivity index (χ0) is 18.8. The topological polar surface area (TPSA) is 101 Å². The van der Waals surface area contributed by atoms with E-state index in [9.17, 15) is 4.79 Å². The molecule has 1 aliphatic heterocycles. The molecule has 1 aliphatic rings. The largest absolute Gasteiger partial charge is 0.368 e. The molecule has 8 heteroatoms. The fourth-order valence-electron chi connectivity index (χ4n) is 3.53. The summed E-state index contributed by atoms with van der Waals surface area (Å²) in [7, 11) is 0. The molecule has 1 saturated heterocycles. The zero-order valence-corrected chi connectivity index (χ0v) is 15.4. The first-order valence-corrected chi connectivity index (χ1v) is 9.20. The minimum atomic E-state index is -0.186. The quantitative estimate of drug-likeness (QED) is 0.722. The van der Waals surface area contributed by atoms with Gasteiger partial charge >= 0.3 is 0 Å². The molecule has 1 fully saturated rings. The lowest BCUT2D eigenvalue weighted by Gasteiger charge is -2.36. The smallest absolute Gasteiger partial charge is 0.272 e. The van der Waals surface area contributed by atoms with Crippen molar-refractivity contribution in [3.8, 4) is 11.1 Å². The zero-order valence-electron chi connectivity index (χ0n) is 14.6. The Morgan fingerprint density at radius 3 is 2.96 bits per heavy atom. The summed E-state index contributed by atoms with van der Waals surface area (Å²) in [5.41, 5.74) is 8.84. The van der Waals surface area contributed by atoms with Crippen LogP contribution in [0.25, 0.3) is 11.1 Å². The van der Waals surface area contributed by atoms with Gasteiger partial charge in [0.25, 0.3) is 5.91 Å². The van der Waals surface area contributed by atoms with Gasteiger partial charge in [0.15, 0.2) is 0 Å². The third-order valence-electron chi connectivity index (χ3n) is 4.78. The molecule has 3 heterocycles. The number of aromatic nitrogens is 4. The van der Waals surface area contributed by atoms with Crippen molar-refractivity contribution in [2.75, 3.05) is 12.3 Å². The summed E-state index contributed by atoms with van der Waals surface area (Å²) in [5.74, 6) is 0.0988. The Balaban J connectivity index is 1.78. The molecule has 0 spiro atoms. The highest BCUT2D eigenvalue weighted by Crippen LogP contribution is 2.37. The van der Waals surface area contributed by atoms with Crippen LogP contribution in [-0.2, 0) is 0 Å². The van der Waals surface area contributed by atoms with Gasteiger partial charge in [-0.2, -0.15) is 5.10 Å². The van der Waals surface area contributed by atoms with Gasteiger partial charge in [-0.3, -0.25) is 9.89 Å². The van der Waals surface area contributed by atoms with Gasteiger partial charge in [-0.1, -0.05) is 23.7 Å². The molecule has 1 aromatic carbocycles. The summed E-state index contributed by atoms with van der Waals surface area (Å²) in [6.45, 7) is 0.654. The molecule has 3 aromatic rings. The fourth-order valence-corrected chi connectivity index (χ4v) is 3.72. The molecule has 0 bridgehead atoms. The highest BCUT2D eigenvalue weighted by atomic mass is 35.5. The summed E-state index contributed by atoms with van der Waals surface area (Å²) >= 11 is 6.17. The molecule has 1 unspecified atom stereocenters. The Morgan fingerprint density at radius 1 is 1.30 bits per heavy atom. The molecule has 3 N–H and O–H groups in total. The van der Waals surface area contributed by atoms with Crippen molar-refractivity contribution in [2.45, 2.75) is 25.3 Å². The van der Waals surface area contributed by atoms with Gasteiger partial charge in [-0.15, -0.1) is 0 Å². The number of hydrogen-bond donors (Lipinski definition) is 2. The van der Waals surface area contributed by atoms with Crippen LogP contribution >= 0.6 is 11.6 Å². The fraction of sp³-hybridized carbons (Fsp3) is 0.263. The minimum absolute atomic E-state index is 0.0913. The lowest BCUT2D eigenvalue weighted by Crippen LogP contribution is -2.39. The van der Waals surface area contributed by atoms with Gasteiger partial charge < -0.3 is 10.6 Å². The highest BCUT2D eigenvalue weighted by molar-refractivity contribution is 6.30. The number of benzene rings is 1. The lowest BCUT2D eigenvalue weighted by atomic mass is 9.93. The number of rotatable bonds is 3. The molecular formula is C19H19ClN6O. The molecule has 1 amide bonds. The monoisotopic (exact) mass is 382 g/mol. The Morgan fingerprint density at radius 2 is 2.19 bits per heavy atom. The van der Waals surface area contributed by atoms with E-state index in [1.165, 1.54) is 0 Å². The number of H-pyrrole nitrogens is 1. The van der Waals surface area contributed by atoms with E-state index >= 15 is 0 Å². The van der Waals surface area contributed by atoms with Crippen molar-refractivity contribution in [3.63, 3.8) is 0 Å². The molecule has 138 valence electrons. The molecule has 2 aromatic heterocycles. The SMILES string of the molecule is Nc1ncc(-c2cccc(Cl)c2)c(C2CCCCN2C(=O)c2ccn[nH]2)n1. The van der Waals surface area contributed by atoms with Crippen LogP contribution in [0.5, 0.6) is 0 Å². The van der Waals surface area contributed by atoms with Crippen molar-refractivity contribution < 1.29 is 4.79 Å². The molecule has 1 atom stereocenters. The van der Waals surface area contributed by atoms with Crippen LogP contribution in [-0.4, -0.2) is 37.5 Å². The third kappa shape index (κ3) is 3.50. The number of nitrogens with zero attached hydrogens (tertiary/aromatic N) is 4. The number of likely N-dealkylation sites (tertiary alicyclic amines) is 1. The van der Waals surface area contributed by atoms with E-state index in [1.54, 1.807) is 18.5 Å². The number of carbonyl (C=O) groups is 1. The van der Waals surface area contributed by atoms with E-state index in [1.807, 2.05) is 29.2 Å². The lowest BCUT2D eigenvalue weighted by molar-refractivity contribution is 0.0600. The number of halogens is 1. The van der Waals surface area contributed by atoms with E-state index in [2.05, 4.69) is 20.2 Å². The van der Waals surface area contributed by atoms with Crippen molar-refractivity contribution in [1.82, 2.24) is 25.1 Å². The number of nitrogens with one attached hydrogen (secondary N) is 1. The number of carbonyl (C=O) groups excluding carboxylic acids is 1. The second kappa shape index (κ2) is 7.36. The van der Waals surface area contributed by atoms with Gasteiger partial charge in [-0.05, 0) is 43.0 Å². The van der Waals surface area contributed by atoms with Crippen molar-refractivity contribution in [3.05, 3.63) is 59.1 Å². The van der Waals surface area contributed by atoms with E-state index in [0.29, 0.717) is 17.3 Å². The molecule has 27 heavy (non-hydrogen) atoms. The molecule has 4 rings (SSSR count). The number of nitrogens with two attached hydrogens (primary N) is 1. The maximum atomic E-state index is 13.0. The normalized spacial score (nSPS) is 17.1. The summed E-state index contributed by atoms with van der Waals surface area (Å²) < 4.78 is 0. The van der Waals surface area contributed by atoms with Gasteiger partial charge in [0.2, 0.25) is 5.95 Å². The van der Waals surface area contributed by atoms with Crippen LogP contribution in [0.4, 0.5) is 5.95 Å². The van der Waals surface area contributed by atoms with Crippen molar-refractivity contribution in [2.24, 2.45) is 0 Å². The van der Waals surface area contributed by atoms with Gasteiger partial charge in [0.05, 0.1) is 11.7 Å². The summed E-state index contributed by atoms with van der Waals surface area (Å²) in [6, 6.07) is 9.01. The predicted octanol–water partition coefficient (Wildman–Crippen LogP) is 3.47. The average Bonchev–Trinajstić information content (AvgIpc) is 3.22. The number of hydrogen-bond acceptors (Lipinski definition) is 5. The predicted molar refractivity (Wildman–Crippen MR) is 103 cm³/mol. The summed E-state index contributed by atoms with van der Waals surface area (Å²) in [4.78, 5) is 23.5. The second-order valence-corrected chi connectivity index (χ2v) is 6.95. The van der Waals surface area contributed by atoms with E-state index < -0.39 is 0 Å². The number of nitrogen functional groups attached to an aromatic ring is 1. The Bertz CT molecular complexity index is 959. The summed E-state index contributed by atoms with van der Waals surface area (Å²) in [5, 5.41) is 7.28. The van der Waals surface area contributed by atoms with Crippen LogP contribution in [0.1, 0.15) is 41.5 Å². The highest BCUT2D eigenvalue weighted by Gasteiger charge is 2.32. The maximum absolute atomic E-state index is 13.0. The van der Waals surface area contributed by atoms with Crippen LogP contribution in [0.15, 0.2) is 42.7 Å². The first kappa shape index (κ1) is 17.5. The van der Waals surface area contributed by atoms with Crippen molar-refractivity contribution in [1.29, 1.82) is 0 Å². The van der Waals surface area contributed by atoms with Gasteiger partial charge in [0, 0.05) is 29.5 Å². The van der Waals surface area contributed by atoms with E-state index in [0.717, 1.165) is 36.1 Å². The van der Waals surface area contributed by atoms with Crippen LogP contribution in [0, 0.1) is 0 Å². The Kier molecular flexibility index (Phi) is 4.77. The van der Waals surface area contributed by atoms with Gasteiger partial charge in [-0.25, -0.2) is 9.97 Å². The van der Waals surface area contributed by atoms with E-state index in [4.69, 9.17) is 17.3 Å². The Labute approximate surface area is 161 Å². The van der Waals surface area contributed by atoms with Gasteiger partial charge in [0.1, 0.15) is 5.69 Å². The maximum Gasteiger partial charge on any atom is 0.272 e.